The Bertz CT molecular complexity index is 901. The van der Waals surface area contributed by atoms with Crippen LogP contribution in [0.3, 0.4) is 0 Å². The highest BCUT2D eigenvalue weighted by molar-refractivity contribution is 7.15. The van der Waals surface area contributed by atoms with Crippen molar-refractivity contribution < 1.29 is 4.79 Å². The quantitative estimate of drug-likeness (QED) is 0.723. The molecule has 3 rings (SSSR count). The molecule has 0 unspecified atom stereocenters. The molecule has 0 aliphatic rings. The van der Waals surface area contributed by atoms with Crippen LogP contribution in [0.4, 0.5) is 5.13 Å². The third-order valence-electron chi connectivity index (χ3n) is 3.84. The van der Waals surface area contributed by atoms with E-state index in [9.17, 15) is 4.79 Å². The van der Waals surface area contributed by atoms with Crippen LogP contribution >= 0.6 is 11.3 Å². The van der Waals surface area contributed by atoms with Crippen molar-refractivity contribution in [2.75, 3.05) is 5.32 Å². The third-order valence-corrected chi connectivity index (χ3v) is 4.70. The number of fused-ring (bicyclic) bond motifs is 1. The second-order valence-electron chi connectivity index (χ2n) is 6.82. The lowest BCUT2D eigenvalue weighted by Gasteiger charge is -2.11. The Morgan fingerprint density at radius 1 is 1.16 bits per heavy atom. The molecule has 2 aromatic heterocycles. The second-order valence-corrected chi connectivity index (χ2v) is 7.88. The summed E-state index contributed by atoms with van der Waals surface area (Å²) in [6.07, 6.45) is 0.864. The van der Waals surface area contributed by atoms with Crippen LogP contribution in [0.1, 0.15) is 54.7 Å². The number of carbonyl (C=O) groups is 1. The molecule has 0 aliphatic carbocycles. The van der Waals surface area contributed by atoms with Crippen molar-refractivity contribution in [3.63, 3.8) is 0 Å². The standard InChI is InChI=1S/C19H22N4OS/c1-11(2)9-17-22-23-19(25-17)21-18(24)14-10-16(12(3)4)20-15-8-6-5-7-13(14)15/h5-8,10-12H,9H2,1-4H3,(H,21,23,24). The molecule has 0 saturated heterocycles. The van der Waals surface area contributed by atoms with Gasteiger partial charge >= 0.3 is 0 Å². The molecule has 0 aliphatic heterocycles. The number of nitrogens with one attached hydrogen (secondary N) is 1. The number of hydrogen-bond donors (Lipinski definition) is 1. The Morgan fingerprint density at radius 2 is 1.92 bits per heavy atom. The number of anilines is 1. The number of aromatic nitrogens is 3. The minimum absolute atomic E-state index is 0.173. The fourth-order valence-corrected chi connectivity index (χ4v) is 3.53. The Kier molecular flexibility index (Phi) is 5.08. The molecular weight excluding hydrogens is 332 g/mol. The van der Waals surface area contributed by atoms with E-state index in [4.69, 9.17) is 0 Å². The molecule has 5 nitrogen and oxygen atoms in total. The first-order valence-corrected chi connectivity index (χ1v) is 9.29. The summed E-state index contributed by atoms with van der Waals surface area (Å²) >= 11 is 1.43. The normalized spacial score (nSPS) is 11.4. The van der Waals surface area contributed by atoms with Gasteiger partial charge in [-0.1, -0.05) is 57.2 Å². The number of rotatable bonds is 5. The molecular formula is C19H22N4OS. The van der Waals surface area contributed by atoms with Gasteiger partial charge in [0.1, 0.15) is 5.01 Å². The Hall–Kier alpha value is -2.34. The van der Waals surface area contributed by atoms with Crippen LogP contribution in [0.15, 0.2) is 30.3 Å². The molecule has 2 heterocycles. The van der Waals surface area contributed by atoms with Gasteiger partial charge in [0, 0.05) is 17.5 Å². The van der Waals surface area contributed by atoms with E-state index in [1.54, 1.807) is 0 Å². The van der Waals surface area contributed by atoms with Gasteiger partial charge in [-0.2, -0.15) is 0 Å². The van der Waals surface area contributed by atoms with E-state index in [0.717, 1.165) is 28.0 Å². The zero-order chi connectivity index (χ0) is 18.0. The summed E-state index contributed by atoms with van der Waals surface area (Å²) < 4.78 is 0. The van der Waals surface area contributed by atoms with Gasteiger partial charge in [0.15, 0.2) is 0 Å². The van der Waals surface area contributed by atoms with Crippen LogP contribution in [-0.2, 0) is 6.42 Å². The lowest BCUT2D eigenvalue weighted by atomic mass is 10.0. The maximum atomic E-state index is 12.8. The van der Waals surface area contributed by atoms with E-state index in [0.29, 0.717) is 16.6 Å². The molecule has 0 saturated carbocycles. The van der Waals surface area contributed by atoms with E-state index in [2.05, 4.69) is 48.2 Å². The van der Waals surface area contributed by atoms with Crippen molar-refractivity contribution in [1.29, 1.82) is 0 Å². The summed E-state index contributed by atoms with van der Waals surface area (Å²) in [7, 11) is 0. The average Bonchev–Trinajstić information content (AvgIpc) is 2.99. The van der Waals surface area contributed by atoms with Crippen LogP contribution in [0.5, 0.6) is 0 Å². The summed E-state index contributed by atoms with van der Waals surface area (Å²) in [6.45, 7) is 8.41. The van der Waals surface area contributed by atoms with E-state index in [1.807, 2.05) is 30.3 Å². The molecule has 25 heavy (non-hydrogen) atoms. The summed E-state index contributed by atoms with van der Waals surface area (Å²) in [6, 6.07) is 9.58. The highest BCUT2D eigenvalue weighted by Crippen LogP contribution is 2.24. The lowest BCUT2D eigenvalue weighted by Crippen LogP contribution is -2.13. The van der Waals surface area contributed by atoms with Crippen LogP contribution in [0, 0.1) is 5.92 Å². The average molecular weight is 354 g/mol. The first kappa shape index (κ1) is 17.5. The SMILES string of the molecule is CC(C)Cc1nnc(NC(=O)c2cc(C(C)C)nc3ccccc23)s1. The molecule has 1 N–H and O–H groups in total. The summed E-state index contributed by atoms with van der Waals surface area (Å²) in [5, 5.41) is 13.5. The third kappa shape index (κ3) is 4.02. The predicted molar refractivity (Wildman–Crippen MR) is 102 cm³/mol. The first-order chi connectivity index (χ1) is 11.9. The number of benzene rings is 1. The summed E-state index contributed by atoms with van der Waals surface area (Å²) in [5.74, 6) is 0.581. The maximum Gasteiger partial charge on any atom is 0.258 e. The molecule has 0 spiro atoms. The number of hydrogen-bond acceptors (Lipinski definition) is 5. The highest BCUT2D eigenvalue weighted by Gasteiger charge is 2.16. The van der Waals surface area contributed by atoms with Crippen molar-refractivity contribution in [3.8, 4) is 0 Å². The predicted octanol–water partition coefficient (Wildman–Crippen LogP) is 4.66. The number of nitrogens with zero attached hydrogens (tertiary/aromatic N) is 3. The topological polar surface area (TPSA) is 67.8 Å². The highest BCUT2D eigenvalue weighted by atomic mass is 32.1. The molecule has 1 aromatic carbocycles. The van der Waals surface area contributed by atoms with Gasteiger partial charge in [-0.05, 0) is 24.0 Å². The molecule has 0 atom stereocenters. The fraction of sp³-hybridized carbons (Fsp3) is 0.368. The van der Waals surface area contributed by atoms with E-state index < -0.39 is 0 Å². The van der Waals surface area contributed by atoms with Crippen molar-refractivity contribution in [1.82, 2.24) is 15.2 Å². The number of para-hydroxylation sites is 1. The number of pyridine rings is 1. The molecule has 1 amide bonds. The Morgan fingerprint density at radius 3 is 2.64 bits per heavy atom. The molecule has 0 radical (unpaired) electrons. The zero-order valence-electron chi connectivity index (χ0n) is 14.9. The smallest absolute Gasteiger partial charge is 0.258 e. The van der Waals surface area contributed by atoms with Gasteiger partial charge in [0.25, 0.3) is 5.91 Å². The molecule has 6 heteroatoms. The summed E-state index contributed by atoms with van der Waals surface area (Å²) in [5.41, 5.74) is 2.35. The van der Waals surface area contributed by atoms with Crippen molar-refractivity contribution >= 4 is 33.3 Å². The van der Waals surface area contributed by atoms with Gasteiger partial charge in [-0.15, -0.1) is 10.2 Å². The Balaban J connectivity index is 1.92. The number of carbonyl (C=O) groups excluding carboxylic acids is 1. The van der Waals surface area contributed by atoms with Crippen molar-refractivity contribution in [2.24, 2.45) is 5.92 Å². The molecule has 3 aromatic rings. The van der Waals surface area contributed by atoms with Crippen LogP contribution < -0.4 is 5.32 Å². The van der Waals surface area contributed by atoms with Crippen LogP contribution in [0.2, 0.25) is 0 Å². The molecule has 0 bridgehead atoms. The van der Waals surface area contributed by atoms with Gasteiger partial charge < -0.3 is 0 Å². The maximum absolute atomic E-state index is 12.8. The van der Waals surface area contributed by atoms with Gasteiger partial charge in [-0.3, -0.25) is 15.1 Å². The van der Waals surface area contributed by atoms with Crippen molar-refractivity contribution in [3.05, 3.63) is 46.6 Å². The van der Waals surface area contributed by atoms with E-state index >= 15 is 0 Å². The van der Waals surface area contributed by atoms with Crippen LogP contribution in [0.25, 0.3) is 10.9 Å². The largest absolute Gasteiger partial charge is 0.296 e. The minimum Gasteiger partial charge on any atom is -0.296 e. The minimum atomic E-state index is -0.173. The monoisotopic (exact) mass is 354 g/mol. The molecule has 130 valence electrons. The Labute approximate surface area is 151 Å². The lowest BCUT2D eigenvalue weighted by molar-refractivity contribution is 0.102. The van der Waals surface area contributed by atoms with Gasteiger partial charge in [0.2, 0.25) is 5.13 Å². The summed E-state index contributed by atoms with van der Waals surface area (Å²) in [4.78, 5) is 17.5. The molecule has 0 fully saturated rings. The van der Waals surface area contributed by atoms with Crippen LogP contribution in [-0.4, -0.2) is 21.1 Å². The van der Waals surface area contributed by atoms with Gasteiger partial charge in [0.05, 0.1) is 11.1 Å². The van der Waals surface area contributed by atoms with Gasteiger partial charge in [-0.25, -0.2) is 0 Å². The van der Waals surface area contributed by atoms with E-state index in [1.165, 1.54) is 11.3 Å². The zero-order valence-corrected chi connectivity index (χ0v) is 15.7. The first-order valence-electron chi connectivity index (χ1n) is 8.47. The number of amides is 1. The van der Waals surface area contributed by atoms with Crippen molar-refractivity contribution in [2.45, 2.75) is 40.0 Å². The second kappa shape index (κ2) is 7.27. The van der Waals surface area contributed by atoms with E-state index in [-0.39, 0.29) is 11.8 Å². The fourth-order valence-electron chi connectivity index (χ4n) is 2.58.